The maximum absolute atomic E-state index is 6.03. The van der Waals surface area contributed by atoms with Gasteiger partial charge >= 0.3 is 0 Å². The molecular formula is C24H32ClN7. The molecule has 0 unspecified atom stereocenters. The number of aromatic nitrogens is 4. The second kappa shape index (κ2) is 9.63. The third-order valence-electron chi connectivity index (χ3n) is 6.85. The number of hydrogen-bond acceptors (Lipinski definition) is 6. The summed E-state index contributed by atoms with van der Waals surface area (Å²) in [6.07, 6.45) is 8.76. The molecule has 1 aliphatic carbocycles. The highest BCUT2D eigenvalue weighted by atomic mass is 35.5. The molecule has 5 rings (SSSR count). The predicted molar refractivity (Wildman–Crippen MR) is 130 cm³/mol. The average Bonchev–Trinajstić information content (AvgIpc) is 3.27. The number of fused-ring (bicyclic) bond motifs is 1. The quantitative estimate of drug-likeness (QED) is 0.590. The summed E-state index contributed by atoms with van der Waals surface area (Å²) in [5.74, 6) is 1.64. The van der Waals surface area contributed by atoms with Gasteiger partial charge in [0.1, 0.15) is 5.82 Å². The second-order valence-corrected chi connectivity index (χ2v) is 9.30. The normalized spacial score (nSPS) is 18.4. The molecule has 7 nitrogen and oxygen atoms in total. The molecule has 1 saturated carbocycles. The number of benzene rings is 1. The van der Waals surface area contributed by atoms with E-state index >= 15 is 0 Å². The van der Waals surface area contributed by atoms with Crippen LogP contribution in [0.4, 0.5) is 11.8 Å². The number of anilines is 2. The van der Waals surface area contributed by atoms with Crippen LogP contribution in [0.5, 0.6) is 0 Å². The highest BCUT2D eigenvalue weighted by molar-refractivity contribution is 6.30. The van der Waals surface area contributed by atoms with Crippen molar-refractivity contribution < 1.29 is 0 Å². The molecule has 1 saturated heterocycles. The Hall–Kier alpha value is -2.38. The summed E-state index contributed by atoms with van der Waals surface area (Å²) in [5.41, 5.74) is 2.05. The molecule has 2 aliphatic rings. The van der Waals surface area contributed by atoms with Crippen LogP contribution < -0.4 is 10.2 Å². The van der Waals surface area contributed by atoms with Crippen molar-refractivity contribution >= 4 is 34.4 Å². The summed E-state index contributed by atoms with van der Waals surface area (Å²) in [5, 5.41) is 9.76. The fourth-order valence-electron chi connectivity index (χ4n) is 4.97. The van der Waals surface area contributed by atoms with Crippen molar-refractivity contribution in [2.75, 3.05) is 36.4 Å². The third kappa shape index (κ3) is 4.55. The van der Waals surface area contributed by atoms with E-state index in [1.165, 1.54) is 32.1 Å². The largest absolute Gasteiger partial charge is 0.365 e. The number of rotatable bonds is 6. The van der Waals surface area contributed by atoms with Gasteiger partial charge in [-0.05, 0) is 37.5 Å². The molecule has 1 aromatic carbocycles. The number of aryl methyl sites for hydroxylation is 1. The molecule has 3 heterocycles. The van der Waals surface area contributed by atoms with Crippen molar-refractivity contribution in [1.29, 1.82) is 0 Å². The Morgan fingerprint density at radius 3 is 2.47 bits per heavy atom. The van der Waals surface area contributed by atoms with E-state index in [9.17, 15) is 0 Å². The molecule has 1 aliphatic heterocycles. The lowest BCUT2D eigenvalue weighted by Gasteiger charge is -2.40. The van der Waals surface area contributed by atoms with Gasteiger partial charge < -0.3 is 10.2 Å². The molecule has 0 amide bonds. The highest BCUT2D eigenvalue weighted by Crippen LogP contribution is 2.27. The van der Waals surface area contributed by atoms with E-state index in [1.54, 1.807) is 0 Å². The molecule has 0 radical (unpaired) electrons. The molecule has 170 valence electrons. The van der Waals surface area contributed by atoms with E-state index in [2.05, 4.69) is 27.1 Å². The molecule has 3 aromatic rings. The Kier molecular flexibility index (Phi) is 6.46. The molecule has 2 aromatic heterocycles. The third-order valence-corrected chi connectivity index (χ3v) is 7.10. The Labute approximate surface area is 194 Å². The van der Waals surface area contributed by atoms with E-state index in [4.69, 9.17) is 21.6 Å². The lowest BCUT2D eigenvalue weighted by molar-refractivity contribution is 0.147. The molecule has 0 bridgehead atoms. The van der Waals surface area contributed by atoms with Crippen LogP contribution in [0.25, 0.3) is 11.0 Å². The molecule has 0 spiro atoms. The van der Waals surface area contributed by atoms with Crippen LogP contribution in [-0.4, -0.2) is 56.9 Å². The van der Waals surface area contributed by atoms with Gasteiger partial charge in [0, 0.05) is 50.3 Å². The van der Waals surface area contributed by atoms with Crippen LogP contribution in [0.15, 0.2) is 30.5 Å². The zero-order chi connectivity index (χ0) is 21.9. The number of halogens is 1. The summed E-state index contributed by atoms with van der Waals surface area (Å²) < 4.78 is 1.95. The minimum Gasteiger partial charge on any atom is -0.365 e. The van der Waals surface area contributed by atoms with Crippen LogP contribution >= 0.6 is 11.6 Å². The predicted octanol–water partition coefficient (Wildman–Crippen LogP) is 4.57. The highest BCUT2D eigenvalue weighted by Gasteiger charge is 2.27. The van der Waals surface area contributed by atoms with E-state index in [1.807, 2.05) is 35.1 Å². The monoisotopic (exact) mass is 453 g/mol. The van der Waals surface area contributed by atoms with Gasteiger partial charge in [-0.3, -0.25) is 4.90 Å². The fourth-order valence-corrected chi connectivity index (χ4v) is 5.10. The van der Waals surface area contributed by atoms with Crippen LogP contribution in [0.2, 0.25) is 5.02 Å². The van der Waals surface area contributed by atoms with E-state index in [0.29, 0.717) is 6.54 Å². The number of nitrogens with one attached hydrogen (secondary N) is 1. The zero-order valence-electron chi connectivity index (χ0n) is 18.8. The number of nitrogens with zero attached hydrogens (tertiary/aromatic N) is 6. The summed E-state index contributed by atoms with van der Waals surface area (Å²) in [7, 11) is 0. The van der Waals surface area contributed by atoms with Gasteiger partial charge in [-0.2, -0.15) is 15.1 Å². The van der Waals surface area contributed by atoms with Crippen LogP contribution in [0.1, 0.15) is 44.6 Å². The molecule has 2 fully saturated rings. The zero-order valence-corrected chi connectivity index (χ0v) is 19.6. The minimum atomic E-state index is 0.676. The van der Waals surface area contributed by atoms with Gasteiger partial charge in [-0.15, -0.1) is 0 Å². The molecule has 0 atom stereocenters. The Bertz CT molecular complexity index is 1030. The first-order valence-corrected chi connectivity index (χ1v) is 12.3. The van der Waals surface area contributed by atoms with Gasteiger partial charge in [0.15, 0.2) is 5.65 Å². The standard InChI is InChI=1S/C24H32ClN7/c1-2-32-23-21(17-27-32)22(26-16-18-8-10-19(25)11-9-18)28-24(29-23)31-14-12-30(13-15-31)20-6-4-3-5-7-20/h8-11,17,20H,2-7,12-16H2,1H3,(H,26,28,29). The van der Waals surface area contributed by atoms with Crippen molar-refractivity contribution in [2.24, 2.45) is 0 Å². The van der Waals surface area contributed by atoms with Gasteiger partial charge in [-0.1, -0.05) is 43.0 Å². The van der Waals surface area contributed by atoms with Crippen molar-refractivity contribution in [2.45, 2.75) is 58.2 Å². The first kappa shape index (κ1) is 21.5. The second-order valence-electron chi connectivity index (χ2n) is 8.86. The summed E-state index contributed by atoms with van der Waals surface area (Å²) in [6.45, 7) is 7.68. The topological polar surface area (TPSA) is 62.1 Å². The lowest BCUT2D eigenvalue weighted by Crippen LogP contribution is -2.51. The molecule has 32 heavy (non-hydrogen) atoms. The van der Waals surface area contributed by atoms with E-state index in [0.717, 1.165) is 72.2 Å². The Morgan fingerprint density at radius 1 is 1.00 bits per heavy atom. The lowest BCUT2D eigenvalue weighted by atomic mass is 9.94. The van der Waals surface area contributed by atoms with E-state index in [-0.39, 0.29) is 0 Å². The maximum atomic E-state index is 6.03. The average molecular weight is 454 g/mol. The number of hydrogen-bond donors (Lipinski definition) is 1. The SMILES string of the molecule is CCn1ncc2c(NCc3ccc(Cl)cc3)nc(N3CCN(C4CCCCC4)CC3)nc21. The van der Waals surface area contributed by atoms with Crippen molar-refractivity contribution in [3.8, 4) is 0 Å². The first-order chi connectivity index (χ1) is 15.7. The van der Waals surface area contributed by atoms with Crippen LogP contribution in [0.3, 0.4) is 0 Å². The van der Waals surface area contributed by atoms with Gasteiger partial charge in [0.05, 0.1) is 11.6 Å². The van der Waals surface area contributed by atoms with Crippen LogP contribution in [-0.2, 0) is 13.1 Å². The fraction of sp³-hybridized carbons (Fsp3) is 0.542. The van der Waals surface area contributed by atoms with Gasteiger partial charge in [0.2, 0.25) is 5.95 Å². The van der Waals surface area contributed by atoms with Gasteiger partial charge in [-0.25, -0.2) is 4.68 Å². The molecular weight excluding hydrogens is 422 g/mol. The Morgan fingerprint density at radius 2 is 1.75 bits per heavy atom. The smallest absolute Gasteiger partial charge is 0.229 e. The van der Waals surface area contributed by atoms with Crippen molar-refractivity contribution in [1.82, 2.24) is 24.6 Å². The number of piperazine rings is 1. The summed E-state index contributed by atoms with van der Waals surface area (Å²) >= 11 is 6.03. The molecule has 8 heteroatoms. The maximum Gasteiger partial charge on any atom is 0.229 e. The molecule has 1 N–H and O–H groups in total. The minimum absolute atomic E-state index is 0.676. The Balaban J connectivity index is 1.35. The summed E-state index contributed by atoms with van der Waals surface area (Å²) in [6, 6.07) is 8.68. The van der Waals surface area contributed by atoms with Crippen molar-refractivity contribution in [3.05, 3.63) is 41.0 Å². The van der Waals surface area contributed by atoms with E-state index < -0.39 is 0 Å². The van der Waals surface area contributed by atoms with Crippen molar-refractivity contribution in [3.63, 3.8) is 0 Å². The van der Waals surface area contributed by atoms with Crippen LogP contribution in [0, 0.1) is 0 Å². The van der Waals surface area contributed by atoms with Gasteiger partial charge in [0.25, 0.3) is 0 Å². The summed E-state index contributed by atoms with van der Waals surface area (Å²) in [4.78, 5) is 14.9. The first-order valence-electron chi connectivity index (χ1n) is 11.9.